The minimum absolute atomic E-state index is 0.318. The molecule has 0 aliphatic carbocycles. The number of carbonyl (C=O) groups is 1. The van der Waals surface area contributed by atoms with Crippen molar-refractivity contribution >= 4 is 17.5 Å². The van der Waals surface area contributed by atoms with Gasteiger partial charge in [0.05, 0.1) is 26.9 Å². The molecule has 0 saturated carbocycles. The minimum atomic E-state index is -0.488. The lowest BCUT2D eigenvalue weighted by molar-refractivity contribution is 0.0937. The second-order valence-corrected chi connectivity index (χ2v) is 6.70. The fraction of sp³-hybridized carbons (Fsp3) is 0.238. The maximum Gasteiger partial charge on any atom is 0.256 e. The molecule has 152 valence electrons. The van der Waals surface area contributed by atoms with E-state index < -0.39 is 6.04 Å². The Morgan fingerprint density at radius 1 is 1.03 bits per heavy atom. The van der Waals surface area contributed by atoms with Crippen LogP contribution in [0, 0.1) is 0 Å². The van der Waals surface area contributed by atoms with E-state index in [1.807, 2.05) is 29.9 Å². The zero-order chi connectivity index (χ0) is 21.0. The summed E-state index contributed by atoms with van der Waals surface area (Å²) >= 11 is 6.03. The number of benzene rings is 2. The van der Waals surface area contributed by atoms with E-state index in [0.717, 1.165) is 5.56 Å². The SMILES string of the molecule is COc1cc(OC)c(C(=O)NC(c2ccc(Cl)cc2)c2nccn2C)cc1OC. The highest BCUT2D eigenvalue weighted by Crippen LogP contribution is 2.35. The van der Waals surface area contributed by atoms with Crippen LogP contribution in [0.15, 0.2) is 48.8 Å². The van der Waals surface area contributed by atoms with Crippen LogP contribution in [-0.4, -0.2) is 36.8 Å². The van der Waals surface area contributed by atoms with Crippen molar-refractivity contribution in [1.29, 1.82) is 0 Å². The lowest BCUT2D eigenvalue weighted by atomic mass is 10.0. The van der Waals surface area contributed by atoms with Crippen LogP contribution in [0.3, 0.4) is 0 Å². The summed E-state index contributed by atoms with van der Waals surface area (Å²) in [6.45, 7) is 0. The second kappa shape index (κ2) is 8.87. The minimum Gasteiger partial charge on any atom is -0.496 e. The monoisotopic (exact) mass is 415 g/mol. The molecular formula is C21H22ClN3O4. The van der Waals surface area contributed by atoms with Gasteiger partial charge in [0.25, 0.3) is 5.91 Å². The third-order valence-electron chi connectivity index (χ3n) is 4.55. The van der Waals surface area contributed by atoms with Crippen molar-refractivity contribution in [2.75, 3.05) is 21.3 Å². The predicted molar refractivity (Wildman–Crippen MR) is 110 cm³/mol. The largest absolute Gasteiger partial charge is 0.496 e. The Kier molecular flexibility index (Phi) is 6.29. The summed E-state index contributed by atoms with van der Waals surface area (Å²) in [6, 6.07) is 9.97. The molecule has 1 heterocycles. The number of imidazole rings is 1. The molecule has 0 spiro atoms. The quantitative estimate of drug-likeness (QED) is 0.638. The molecule has 1 N–H and O–H groups in total. The van der Waals surface area contributed by atoms with Crippen molar-refractivity contribution in [3.05, 3.63) is 70.8 Å². The number of nitrogens with zero attached hydrogens (tertiary/aromatic N) is 2. The van der Waals surface area contributed by atoms with Crippen LogP contribution in [-0.2, 0) is 7.05 Å². The lowest BCUT2D eigenvalue weighted by Crippen LogP contribution is -2.31. The first-order valence-corrected chi connectivity index (χ1v) is 9.19. The maximum absolute atomic E-state index is 13.2. The smallest absolute Gasteiger partial charge is 0.256 e. The molecule has 29 heavy (non-hydrogen) atoms. The fourth-order valence-corrected chi connectivity index (χ4v) is 3.15. The number of nitrogens with one attached hydrogen (secondary N) is 1. The third-order valence-corrected chi connectivity index (χ3v) is 4.80. The van der Waals surface area contributed by atoms with Gasteiger partial charge in [0, 0.05) is 36.6 Å². The van der Waals surface area contributed by atoms with Gasteiger partial charge in [-0.05, 0) is 17.7 Å². The average molecular weight is 416 g/mol. The predicted octanol–water partition coefficient (Wildman–Crippen LogP) is 3.62. The van der Waals surface area contributed by atoms with Crippen molar-refractivity contribution in [3.8, 4) is 17.2 Å². The molecular weight excluding hydrogens is 394 g/mol. The number of halogens is 1. The van der Waals surface area contributed by atoms with E-state index in [0.29, 0.717) is 33.7 Å². The molecule has 1 aromatic heterocycles. The Labute approximate surface area is 174 Å². The van der Waals surface area contributed by atoms with Gasteiger partial charge in [0.2, 0.25) is 0 Å². The number of hydrogen-bond donors (Lipinski definition) is 1. The normalized spacial score (nSPS) is 11.6. The van der Waals surface area contributed by atoms with E-state index >= 15 is 0 Å². The van der Waals surface area contributed by atoms with Crippen LogP contribution < -0.4 is 19.5 Å². The number of ether oxygens (including phenoxy) is 3. The standard InChI is InChI=1S/C21H22ClN3O4/c1-25-10-9-23-20(25)19(13-5-7-14(22)8-6-13)24-21(26)15-11-17(28-3)18(29-4)12-16(15)27-2/h5-12,19H,1-4H3,(H,24,26). The lowest BCUT2D eigenvalue weighted by Gasteiger charge is -2.20. The van der Waals surface area contributed by atoms with E-state index in [-0.39, 0.29) is 5.91 Å². The van der Waals surface area contributed by atoms with Gasteiger partial charge in [-0.2, -0.15) is 0 Å². The number of aromatic nitrogens is 2. The van der Waals surface area contributed by atoms with E-state index in [2.05, 4.69) is 10.3 Å². The Morgan fingerprint density at radius 2 is 1.66 bits per heavy atom. The Hall–Kier alpha value is -3.19. The van der Waals surface area contributed by atoms with Gasteiger partial charge >= 0.3 is 0 Å². The van der Waals surface area contributed by atoms with E-state index in [4.69, 9.17) is 25.8 Å². The zero-order valence-corrected chi connectivity index (χ0v) is 17.4. The Bertz CT molecular complexity index is 1000. The maximum atomic E-state index is 13.2. The average Bonchev–Trinajstić information content (AvgIpc) is 3.17. The van der Waals surface area contributed by atoms with Gasteiger partial charge in [-0.15, -0.1) is 0 Å². The van der Waals surface area contributed by atoms with Crippen LogP contribution in [0.2, 0.25) is 5.02 Å². The highest BCUT2D eigenvalue weighted by atomic mass is 35.5. The molecule has 0 radical (unpaired) electrons. The van der Waals surface area contributed by atoms with Gasteiger partial charge in [0.15, 0.2) is 11.5 Å². The first kappa shape index (κ1) is 20.5. The van der Waals surface area contributed by atoms with Gasteiger partial charge in [-0.3, -0.25) is 4.79 Å². The van der Waals surface area contributed by atoms with E-state index in [1.165, 1.54) is 21.3 Å². The highest BCUT2D eigenvalue weighted by molar-refractivity contribution is 6.30. The fourth-order valence-electron chi connectivity index (χ4n) is 3.02. The molecule has 2 aromatic carbocycles. The number of rotatable bonds is 7. The summed E-state index contributed by atoms with van der Waals surface area (Å²) in [5.74, 6) is 1.61. The van der Waals surface area contributed by atoms with E-state index in [9.17, 15) is 4.79 Å². The van der Waals surface area contributed by atoms with Gasteiger partial charge in [-0.1, -0.05) is 23.7 Å². The molecule has 0 fully saturated rings. The summed E-state index contributed by atoms with van der Waals surface area (Å²) in [7, 11) is 6.40. The van der Waals surface area contributed by atoms with Crippen molar-refractivity contribution in [3.63, 3.8) is 0 Å². The zero-order valence-electron chi connectivity index (χ0n) is 16.6. The number of aryl methyl sites for hydroxylation is 1. The van der Waals surface area contributed by atoms with Gasteiger partial charge < -0.3 is 24.1 Å². The number of carbonyl (C=O) groups excluding carboxylic acids is 1. The molecule has 0 aliphatic heterocycles. The number of hydrogen-bond acceptors (Lipinski definition) is 5. The molecule has 1 unspecified atom stereocenters. The summed E-state index contributed by atoms with van der Waals surface area (Å²) in [5.41, 5.74) is 1.16. The molecule has 3 rings (SSSR count). The molecule has 7 nitrogen and oxygen atoms in total. The molecule has 3 aromatic rings. The first-order chi connectivity index (χ1) is 14.0. The second-order valence-electron chi connectivity index (χ2n) is 6.26. The highest BCUT2D eigenvalue weighted by Gasteiger charge is 2.24. The van der Waals surface area contributed by atoms with Crippen molar-refractivity contribution in [1.82, 2.24) is 14.9 Å². The Morgan fingerprint density at radius 3 is 2.21 bits per heavy atom. The van der Waals surface area contributed by atoms with E-state index in [1.54, 1.807) is 30.5 Å². The summed E-state index contributed by atoms with van der Waals surface area (Å²) < 4.78 is 17.9. The van der Waals surface area contributed by atoms with Crippen LogP contribution in [0.4, 0.5) is 0 Å². The summed E-state index contributed by atoms with van der Waals surface area (Å²) in [5, 5.41) is 3.65. The van der Waals surface area contributed by atoms with Crippen LogP contribution in [0.25, 0.3) is 0 Å². The molecule has 1 atom stereocenters. The first-order valence-electron chi connectivity index (χ1n) is 8.82. The van der Waals surface area contributed by atoms with Crippen molar-refractivity contribution < 1.29 is 19.0 Å². The Balaban J connectivity index is 2.01. The third kappa shape index (κ3) is 4.30. The van der Waals surface area contributed by atoms with Gasteiger partial charge in [0.1, 0.15) is 17.6 Å². The topological polar surface area (TPSA) is 74.6 Å². The molecule has 0 aliphatic rings. The molecule has 0 saturated heterocycles. The van der Waals surface area contributed by atoms with Crippen molar-refractivity contribution in [2.45, 2.75) is 6.04 Å². The van der Waals surface area contributed by atoms with Gasteiger partial charge in [-0.25, -0.2) is 4.98 Å². The van der Waals surface area contributed by atoms with Crippen LogP contribution >= 0.6 is 11.6 Å². The van der Waals surface area contributed by atoms with Crippen LogP contribution in [0.5, 0.6) is 17.2 Å². The molecule has 8 heteroatoms. The van der Waals surface area contributed by atoms with Crippen LogP contribution in [0.1, 0.15) is 27.8 Å². The van der Waals surface area contributed by atoms with Crippen molar-refractivity contribution in [2.24, 2.45) is 7.05 Å². The molecule has 0 bridgehead atoms. The number of amides is 1. The number of methoxy groups -OCH3 is 3. The molecule has 1 amide bonds. The summed E-state index contributed by atoms with van der Waals surface area (Å²) in [4.78, 5) is 17.6. The summed E-state index contributed by atoms with van der Waals surface area (Å²) in [6.07, 6.45) is 3.50.